The van der Waals surface area contributed by atoms with Gasteiger partial charge in [0.25, 0.3) is 0 Å². The molecule has 0 aliphatic carbocycles. The van der Waals surface area contributed by atoms with Crippen molar-refractivity contribution in [2.45, 2.75) is 31.7 Å². The van der Waals surface area contributed by atoms with E-state index in [1.165, 1.54) is 0 Å². The molecule has 3 N–H and O–H groups in total. The van der Waals surface area contributed by atoms with Crippen molar-refractivity contribution in [1.82, 2.24) is 0 Å². The molecule has 0 saturated carbocycles. The first-order valence-electron chi connectivity index (χ1n) is 5.07. The average molecular weight is 268 g/mol. The highest BCUT2D eigenvalue weighted by Crippen LogP contribution is 2.34. The van der Waals surface area contributed by atoms with Crippen LogP contribution in [0, 0.1) is 0 Å². The van der Waals surface area contributed by atoms with Crippen molar-refractivity contribution < 1.29 is 18.3 Å². The fourth-order valence-electron chi connectivity index (χ4n) is 1.44. The molecular weight excluding hydrogens is 255 g/mol. The average Bonchev–Trinajstić information content (AvgIpc) is 2.26. The Hall–Kier alpha value is -0.780. The molecule has 0 aromatic heterocycles. The zero-order valence-corrected chi connectivity index (χ0v) is 9.89. The summed E-state index contributed by atoms with van der Waals surface area (Å²) in [7, 11) is 0. The van der Waals surface area contributed by atoms with Crippen LogP contribution in [-0.2, 0) is 6.18 Å². The number of hydrogen-bond acceptors (Lipinski definition) is 2. The molecule has 0 aliphatic rings. The van der Waals surface area contributed by atoms with E-state index in [1.54, 1.807) is 6.92 Å². The molecule has 1 aromatic carbocycles. The number of aliphatic hydroxyl groups is 1. The second-order valence-corrected chi connectivity index (χ2v) is 4.14. The molecule has 0 radical (unpaired) electrons. The SMILES string of the molecule is CC[C@H](O)[C@H](N)c1cc(C(F)(F)F)ccc1Cl. The predicted molar refractivity (Wildman–Crippen MR) is 59.7 cm³/mol. The molecule has 0 bridgehead atoms. The molecule has 0 unspecified atom stereocenters. The minimum absolute atomic E-state index is 0.107. The van der Waals surface area contributed by atoms with Gasteiger partial charge in [0.2, 0.25) is 0 Å². The first kappa shape index (κ1) is 14.3. The second kappa shape index (κ2) is 5.25. The highest BCUT2D eigenvalue weighted by atomic mass is 35.5. The summed E-state index contributed by atoms with van der Waals surface area (Å²) < 4.78 is 37.5. The van der Waals surface area contributed by atoms with E-state index in [2.05, 4.69) is 0 Å². The van der Waals surface area contributed by atoms with Gasteiger partial charge in [-0.15, -0.1) is 0 Å². The fourth-order valence-corrected chi connectivity index (χ4v) is 1.68. The van der Waals surface area contributed by atoms with Crippen molar-refractivity contribution in [1.29, 1.82) is 0 Å². The van der Waals surface area contributed by atoms with Crippen LogP contribution in [0.15, 0.2) is 18.2 Å². The third-order valence-corrected chi connectivity index (χ3v) is 2.86. The number of nitrogens with two attached hydrogens (primary N) is 1. The molecule has 2 nitrogen and oxygen atoms in total. The zero-order chi connectivity index (χ0) is 13.2. The van der Waals surface area contributed by atoms with Crippen LogP contribution in [0.4, 0.5) is 13.2 Å². The highest BCUT2D eigenvalue weighted by Gasteiger charge is 2.32. The van der Waals surface area contributed by atoms with Gasteiger partial charge in [0.05, 0.1) is 17.7 Å². The van der Waals surface area contributed by atoms with Crippen LogP contribution in [0.25, 0.3) is 0 Å². The molecule has 1 aromatic rings. The van der Waals surface area contributed by atoms with E-state index in [4.69, 9.17) is 17.3 Å². The molecular formula is C11H13ClF3NO. The van der Waals surface area contributed by atoms with Crippen LogP contribution in [0.2, 0.25) is 5.02 Å². The van der Waals surface area contributed by atoms with E-state index < -0.39 is 23.9 Å². The van der Waals surface area contributed by atoms with Crippen LogP contribution in [0.3, 0.4) is 0 Å². The molecule has 0 fully saturated rings. The Labute approximate surface area is 102 Å². The van der Waals surface area contributed by atoms with Crippen molar-refractivity contribution >= 4 is 11.6 Å². The molecule has 2 atom stereocenters. The molecule has 0 heterocycles. The smallest absolute Gasteiger partial charge is 0.391 e. The molecule has 0 aliphatic heterocycles. The molecule has 0 spiro atoms. The van der Waals surface area contributed by atoms with Gasteiger partial charge >= 0.3 is 6.18 Å². The summed E-state index contributed by atoms with van der Waals surface area (Å²) in [6.45, 7) is 1.69. The topological polar surface area (TPSA) is 46.2 Å². The Morgan fingerprint density at radius 2 is 2.00 bits per heavy atom. The third kappa shape index (κ3) is 3.34. The molecule has 0 saturated heterocycles. The molecule has 0 amide bonds. The Balaban J connectivity index is 3.15. The first-order valence-corrected chi connectivity index (χ1v) is 5.45. The molecule has 6 heteroatoms. The number of aliphatic hydroxyl groups excluding tert-OH is 1. The maximum Gasteiger partial charge on any atom is 0.416 e. The molecule has 96 valence electrons. The van der Waals surface area contributed by atoms with Crippen molar-refractivity contribution in [2.24, 2.45) is 5.73 Å². The van der Waals surface area contributed by atoms with Crippen LogP contribution in [0.1, 0.15) is 30.5 Å². The summed E-state index contributed by atoms with van der Waals surface area (Å²) in [5, 5.41) is 9.66. The normalized spacial score (nSPS) is 15.7. The van der Waals surface area contributed by atoms with Crippen LogP contribution in [-0.4, -0.2) is 11.2 Å². The van der Waals surface area contributed by atoms with E-state index in [1.807, 2.05) is 0 Å². The van der Waals surface area contributed by atoms with Gasteiger partial charge in [-0.25, -0.2) is 0 Å². The highest BCUT2D eigenvalue weighted by molar-refractivity contribution is 6.31. The summed E-state index contributed by atoms with van der Waals surface area (Å²) in [5.74, 6) is 0. The van der Waals surface area contributed by atoms with Crippen LogP contribution in [0.5, 0.6) is 0 Å². The summed E-state index contributed by atoms with van der Waals surface area (Å²) >= 11 is 5.78. The summed E-state index contributed by atoms with van der Waals surface area (Å²) in [4.78, 5) is 0. The zero-order valence-electron chi connectivity index (χ0n) is 9.13. The summed E-state index contributed by atoms with van der Waals surface area (Å²) in [6.07, 6.45) is -5.03. The first-order chi connectivity index (χ1) is 7.77. The van der Waals surface area contributed by atoms with Crippen molar-refractivity contribution in [3.63, 3.8) is 0 Å². The minimum atomic E-state index is -4.45. The number of hydrogen-bond donors (Lipinski definition) is 2. The van der Waals surface area contributed by atoms with Gasteiger partial charge in [-0.05, 0) is 30.2 Å². The van der Waals surface area contributed by atoms with E-state index in [-0.39, 0.29) is 10.6 Å². The van der Waals surface area contributed by atoms with Gasteiger partial charge in [-0.1, -0.05) is 18.5 Å². The van der Waals surface area contributed by atoms with E-state index in [9.17, 15) is 18.3 Å². The number of alkyl halides is 3. The Morgan fingerprint density at radius 3 is 2.47 bits per heavy atom. The monoisotopic (exact) mass is 267 g/mol. The van der Waals surface area contributed by atoms with Gasteiger partial charge in [0.15, 0.2) is 0 Å². The number of benzene rings is 1. The maximum absolute atomic E-state index is 12.5. The summed E-state index contributed by atoms with van der Waals surface area (Å²) in [5.41, 5.74) is 4.94. The number of halogens is 4. The van der Waals surface area contributed by atoms with Gasteiger partial charge in [-0.2, -0.15) is 13.2 Å². The van der Waals surface area contributed by atoms with Crippen molar-refractivity contribution in [3.8, 4) is 0 Å². The van der Waals surface area contributed by atoms with Crippen molar-refractivity contribution in [3.05, 3.63) is 34.3 Å². The lowest BCUT2D eigenvalue weighted by atomic mass is 9.98. The van der Waals surface area contributed by atoms with Gasteiger partial charge < -0.3 is 10.8 Å². The van der Waals surface area contributed by atoms with E-state index in [0.717, 1.165) is 18.2 Å². The Kier molecular flexibility index (Phi) is 4.41. The predicted octanol–water partition coefficient (Wildman–Crippen LogP) is 3.13. The molecule has 1 rings (SSSR count). The summed E-state index contributed by atoms with van der Waals surface area (Å²) in [6, 6.07) is 1.99. The largest absolute Gasteiger partial charge is 0.416 e. The van der Waals surface area contributed by atoms with E-state index >= 15 is 0 Å². The van der Waals surface area contributed by atoms with Crippen molar-refractivity contribution in [2.75, 3.05) is 0 Å². The lowest BCUT2D eigenvalue weighted by molar-refractivity contribution is -0.137. The number of rotatable bonds is 3. The maximum atomic E-state index is 12.5. The van der Waals surface area contributed by atoms with Crippen LogP contribution >= 0.6 is 11.6 Å². The Bertz CT molecular complexity index is 395. The van der Waals surface area contributed by atoms with E-state index in [0.29, 0.717) is 6.42 Å². The van der Waals surface area contributed by atoms with Crippen LogP contribution < -0.4 is 5.73 Å². The third-order valence-electron chi connectivity index (χ3n) is 2.52. The van der Waals surface area contributed by atoms with Gasteiger partial charge in [0.1, 0.15) is 0 Å². The lowest BCUT2D eigenvalue weighted by Gasteiger charge is -2.20. The quantitative estimate of drug-likeness (QED) is 0.884. The fraction of sp³-hybridized carbons (Fsp3) is 0.455. The van der Waals surface area contributed by atoms with Gasteiger partial charge in [-0.3, -0.25) is 0 Å². The molecule has 17 heavy (non-hydrogen) atoms. The Morgan fingerprint density at radius 1 is 1.41 bits per heavy atom. The second-order valence-electron chi connectivity index (χ2n) is 3.74. The minimum Gasteiger partial charge on any atom is -0.391 e. The standard InChI is InChI=1S/C11H13ClF3NO/c1-2-9(17)10(16)7-5-6(11(13,14)15)3-4-8(7)12/h3-5,9-10,17H,2,16H2,1H3/t9-,10+/m0/s1. The van der Waals surface area contributed by atoms with Gasteiger partial charge in [0, 0.05) is 5.02 Å². The lowest BCUT2D eigenvalue weighted by Crippen LogP contribution is -2.26.